The topological polar surface area (TPSA) is 55.4 Å². The minimum absolute atomic E-state index is 0.0850. The lowest BCUT2D eigenvalue weighted by Gasteiger charge is -1.97. The molecule has 0 aromatic rings. The highest BCUT2D eigenvalue weighted by Crippen LogP contribution is 1.81. The second-order valence-corrected chi connectivity index (χ2v) is 1.96. The number of hydrogen-bond acceptors (Lipinski definition) is 4. The number of nitrogens with one attached hydrogen (secondary N) is 1. The van der Waals surface area contributed by atoms with E-state index in [2.05, 4.69) is 10.1 Å². The van der Waals surface area contributed by atoms with E-state index in [4.69, 9.17) is 0 Å². The molecule has 0 unspecified atom stereocenters. The zero-order valence-corrected chi connectivity index (χ0v) is 6.59. The summed E-state index contributed by atoms with van der Waals surface area (Å²) in [5.74, 6) is -0.361. The van der Waals surface area contributed by atoms with Gasteiger partial charge in [-0.1, -0.05) is 0 Å². The predicted molar refractivity (Wildman–Crippen MR) is 39.8 cm³/mol. The summed E-state index contributed by atoms with van der Waals surface area (Å²) >= 11 is 0. The van der Waals surface area contributed by atoms with E-state index in [1.54, 1.807) is 6.92 Å². The number of hydrogen-bond donors (Lipinski definition) is 1. The molecule has 0 aliphatic rings. The fraction of sp³-hybridized carbons (Fsp3) is 0.429. The van der Waals surface area contributed by atoms with Gasteiger partial charge in [0.2, 0.25) is 0 Å². The molecule has 0 rings (SSSR count). The van der Waals surface area contributed by atoms with Crippen molar-refractivity contribution in [2.45, 2.75) is 6.92 Å². The predicted octanol–water partition coefficient (Wildman–Crippen LogP) is -0.148. The molecule has 0 amide bonds. The van der Waals surface area contributed by atoms with Gasteiger partial charge in [0.1, 0.15) is 12.8 Å². The van der Waals surface area contributed by atoms with Crippen LogP contribution in [0.1, 0.15) is 6.92 Å². The number of ether oxygens (including phenoxy) is 1. The van der Waals surface area contributed by atoms with Crippen LogP contribution in [0.5, 0.6) is 0 Å². The lowest BCUT2D eigenvalue weighted by Crippen LogP contribution is -2.19. The zero-order chi connectivity index (χ0) is 8.69. The average molecular weight is 157 g/mol. The molecule has 0 aliphatic heterocycles. The summed E-state index contributed by atoms with van der Waals surface area (Å²) in [5.41, 5.74) is 0.536. The molecular formula is C7H11NO3. The van der Waals surface area contributed by atoms with E-state index in [0.717, 1.165) is 0 Å². The van der Waals surface area contributed by atoms with Gasteiger partial charge in [-0.25, -0.2) is 0 Å². The second-order valence-electron chi connectivity index (χ2n) is 1.96. The number of esters is 1. The third kappa shape index (κ3) is 5.14. The van der Waals surface area contributed by atoms with Gasteiger partial charge in [0.25, 0.3) is 0 Å². The molecule has 4 heteroatoms. The van der Waals surface area contributed by atoms with E-state index in [-0.39, 0.29) is 12.5 Å². The molecule has 0 saturated heterocycles. The standard InChI is InChI=1S/C7H11NO3/c1-6(5-9)3-8-4-7(10)11-2/h3,5,8H,4H2,1-2H3/b6-3+. The Morgan fingerprint density at radius 2 is 2.27 bits per heavy atom. The quantitative estimate of drug-likeness (QED) is 0.350. The van der Waals surface area contributed by atoms with Gasteiger partial charge in [-0.15, -0.1) is 0 Å². The van der Waals surface area contributed by atoms with Gasteiger partial charge in [-0.05, 0) is 6.92 Å². The van der Waals surface area contributed by atoms with E-state index in [9.17, 15) is 9.59 Å². The maximum absolute atomic E-state index is 10.5. The van der Waals surface area contributed by atoms with E-state index in [0.29, 0.717) is 11.9 Å². The van der Waals surface area contributed by atoms with Gasteiger partial charge < -0.3 is 10.1 Å². The minimum Gasteiger partial charge on any atom is -0.468 e. The Morgan fingerprint density at radius 1 is 1.64 bits per heavy atom. The molecule has 0 aromatic heterocycles. The first-order valence-electron chi connectivity index (χ1n) is 3.13. The first kappa shape index (κ1) is 9.68. The summed E-state index contributed by atoms with van der Waals surface area (Å²) in [7, 11) is 1.31. The van der Waals surface area contributed by atoms with Gasteiger partial charge in [0.15, 0.2) is 0 Å². The minimum atomic E-state index is -0.361. The lowest BCUT2D eigenvalue weighted by atomic mass is 10.4. The SMILES string of the molecule is COC(=O)CN/C=C(\C)C=O. The Labute approximate surface area is 65.2 Å². The van der Waals surface area contributed by atoms with Crippen molar-refractivity contribution < 1.29 is 14.3 Å². The Kier molecular flexibility index (Phi) is 4.81. The maximum atomic E-state index is 10.5. The first-order chi connectivity index (χ1) is 5.20. The van der Waals surface area contributed by atoms with Crippen LogP contribution in [0.25, 0.3) is 0 Å². The van der Waals surface area contributed by atoms with Gasteiger partial charge in [0, 0.05) is 11.8 Å². The van der Waals surface area contributed by atoms with Gasteiger partial charge in [-0.3, -0.25) is 9.59 Å². The van der Waals surface area contributed by atoms with Crippen molar-refractivity contribution in [2.75, 3.05) is 13.7 Å². The number of carbonyl (C=O) groups excluding carboxylic acids is 2. The summed E-state index contributed by atoms with van der Waals surface area (Å²) in [6, 6.07) is 0. The number of carbonyl (C=O) groups is 2. The third-order valence-electron chi connectivity index (χ3n) is 0.990. The number of aldehydes is 1. The highest BCUT2D eigenvalue weighted by molar-refractivity contribution is 5.73. The second kappa shape index (κ2) is 5.46. The Hall–Kier alpha value is -1.32. The van der Waals surface area contributed by atoms with E-state index in [1.165, 1.54) is 13.3 Å². The molecule has 0 fully saturated rings. The highest BCUT2D eigenvalue weighted by Gasteiger charge is 1.94. The molecule has 11 heavy (non-hydrogen) atoms. The van der Waals surface area contributed by atoms with Gasteiger partial charge in [0.05, 0.1) is 7.11 Å². The van der Waals surface area contributed by atoms with Crippen LogP contribution in [0.15, 0.2) is 11.8 Å². The van der Waals surface area contributed by atoms with Crippen LogP contribution in [-0.4, -0.2) is 25.9 Å². The molecule has 62 valence electrons. The molecule has 0 spiro atoms. The molecule has 0 saturated carbocycles. The van der Waals surface area contributed by atoms with Crippen molar-refractivity contribution in [3.05, 3.63) is 11.8 Å². The summed E-state index contributed by atoms with van der Waals surface area (Å²) in [6.07, 6.45) is 2.16. The molecule has 0 radical (unpaired) electrons. The number of allylic oxidation sites excluding steroid dienone is 1. The molecule has 0 atom stereocenters. The smallest absolute Gasteiger partial charge is 0.325 e. The summed E-state index contributed by atoms with van der Waals surface area (Å²) in [6.45, 7) is 1.72. The molecule has 0 bridgehead atoms. The van der Waals surface area contributed by atoms with Crippen LogP contribution in [-0.2, 0) is 14.3 Å². The fourth-order valence-corrected chi connectivity index (χ4v) is 0.402. The van der Waals surface area contributed by atoms with Crippen molar-refractivity contribution in [3.8, 4) is 0 Å². The van der Waals surface area contributed by atoms with Gasteiger partial charge in [-0.2, -0.15) is 0 Å². The van der Waals surface area contributed by atoms with Crippen LogP contribution >= 0.6 is 0 Å². The van der Waals surface area contributed by atoms with Crippen LogP contribution in [0.2, 0.25) is 0 Å². The Morgan fingerprint density at radius 3 is 2.73 bits per heavy atom. The summed E-state index contributed by atoms with van der Waals surface area (Å²) < 4.78 is 4.35. The van der Waals surface area contributed by atoms with Crippen molar-refractivity contribution in [3.63, 3.8) is 0 Å². The molecule has 4 nitrogen and oxygen atoms in total. The molecule has 0 heterocycles. The van der Waals surface area contributed by atoms with E-state index < -0.39 is 0 Å². The molecule has 1 N–H and O–H groups in total. The van der Waals surface area contributed by atoms with Crippen LogP contribution < -0.4 is 5.32 Å². The summed E-state index contributed by atoms with van der Waals surface area (Å²) in [5, 5.41) is 2.62. The Balaban J connectivity index is 3.56. The zero-order valence-electron chi connectivity index (χ0n) is 6.59. The van der Waals surface area contributed by atoms with Crippen molar-refractivity contribution >= 4 is 12.3 Å². The molecule has 0 aromatic carbocycles. The molecular weight excluding hydrogens is 146 g/mol. The van der Waals surface area contributed by atoms with Gasteiger partial charge >= 0.3 is 5.97 Å². The van der Waals surface area contributed by atoms with Crippen LogP contribution in [0.4, 0.5) is 0 Å². The summed E-state index contributed by atoms with van der Waals surface area (Å²) in [4.78, 5) is 20.5. The third-order valence-corrected chi connectivity index (χ3v) is 0.990. The normalized spacial score (nSPS) is 10.5. The number of methoxy groups -OCH3 is 1. The van der Waals surface area contributed by atoms with Crippen molar-refractivity contribution in [2.24, 2.45) is 0 Å². The van der Waals surface area contributed by atoms with E-state index >= 15 is 0 Å². The maximum Gasteiger partial charge on any atom is 0.325 e. The van der Waals surface area contributed by atoms with Crippen molar-refractivity contribution in [1.82, 2.24) is 5.32 Å². The fourth-order valence-electron chi connectivity index (χ4n) is 0.402. The average Bonchev–Trinajstić information content (AvgIpc) is 2.04. The highest BCUT2D eigenvalue weighted by atomic mass is 16.5. The van der Waals surface area contributed by atoms with Crippen LogP contribution in [0.3, 0.4) is 0 Å². The number of rotatable bonds is 4. The van der Waals surface area contributed by atoms with Crippen molar-refractivity contribution in [1.29, 1.82) is 0 Å². The molecule has 0 aliphatic carbocycles. The first-order valence-corrected chi connectivity index (χ1v) is 3.13. The Bertz CT molecular complexity index is 175. The van der Waals surface area contributed by atoms with E-state index in [1.807, 2.05) is 0 Å². The lowest BCUT2D eigenvalue weighted by molar-refractivity contribution is -0.139. The van der Waals surface area contributed by atoms with Crippen LogP contribution in [0, 0.1) is 0 Å². The largest absolute Gasteiger partial charge is 0.468 e. The monoisotopic (exact) mass is 157 g/mol.